The molecule has 0 aliphatic rings. The van der Waals surface area contributed by atoms with Crippen LogP contribution in [0.2, 0.25) is 0 Å². The van der Waals surface area contributed by atoms with E-state index in [1.165, 1.54) is 186 Å². The first kappa shape index (κ1) is 91.1. The Labute approximate surface area is 568 Å². The van der Waals surface area contributed by atoms with Crippen LogP contribution in [0.15, 0.2) is 0 Å². The van der Waals surface area contributed by atoms with Crippen molar-refractivity contribution in [2.75, 3.05) is 39.6 Å². The van der Waals surface area contributed by atoms with Crippen molar-refractivity contribution in [1.82, 2.24) is 0 Å². The highest BCUT2D eigenvalue weighted by atomic mass is 31.2. The van der Waals surface area contributed by atoms with Gasteiger partial charge in [0, 0.05) is 25.7 Å². The summed E-state index contributed by atoms with van der Waals surface area (Å²) in [6.07, 6.45) is 50.3. The second-order valence-corrected chi connectivity index (χ2v) is 30.8. The van der Waals surface area contributed by atoms with Gasteiger partial charge in [-0.15, -0.1) is 0 Å². The molecule has 0 aliphatic carbocycles. The summed E-state index contributed by atoms with van der Waals surface area (Å²) < 4.78 is 68.3. The minimum Gasteiger partial charge on any atom is -0.462 e. The molecule has 3 N–H and O–H groups in total. The third kappa shape index (κ3) is 67.0. The number of unbranched alkanes of at least 4 members (excludes halogenated alkanes) is 39. The van der Waals surface area contributed by atoms with Crippen LogP contribution >= 0.6 is 15.6 Å². The van der Waals surface area contributed by atoms with Gasteiger partial charge in [0.15, 0.2) is 12.2 Å². The number of carbonyl (C=O) groups is 4. The van der Waals surface area contributed by atoms with E-state index in [-0.39, 0.29) is 25.7 Å². The summed E-state index contributed by atoms with van der Waals surface area (Å²) in [5, 5.41) is 10.6. The number of ether oxygens (including phenoxy) is 4. The Hall–Kier alpha value is -1.94. The number of hydrogen-bond acceptors (Lipinski definition) is 15. The fourth-order valence-electron chi connectivity index (χ4n) is 11.2. The summed E-state index contributed by atoms with van der Waals surface area (Å²) in [5.74, 6) is 0.172. The lowest BCUT2D eigenvalue weighted by Crippen LogP contribution is -2.30. The molecule has 0 rings (SSSR count). The topological polar surface area (TPSA) is 237 Å². The highest BCUT2D eigenvalue weighted by Crippen LogP contribution is 2.45. The van der Waals surface area contributed by atoms with Gasteiger partial charge in [-0.25, -0.2) is 9.13 Å². The van der Waals surface area contributed by atoms with Gasteiger partial charge >= 0.3 is 39.5 Å². The van der Waals surface area contributed by atoms with Gasteiger partial charge in [0.2, 0.25) is 0 Å². The van der Waals surface area contributed by atoms with Gasteiger partial charge < -0.3 is 33.8 Å². The fourth-order valence-corrected chi connectivity index (χ4v) is 12.8. The second kappa shape index (κ2) is 64.7. The predicted molar refractivity (Wildman–Crippen MR) is 377 cm³/mol. The Bertz CT molecular complexity index is 1820. The Morgan fingerprint density at radius 1 is 0.312 bits per heavy atom. The molecule has 552 valence electrons. The smallest absolute Gasteiger partial charge is 0.462 e. The molecule has 3 unspecified atom stereocenters. The molecule has 0 fully saturated rings. The Morgan fingerprint density at radius 3 is 0.817 bits per heavy atom. The van der Waals surface area contributed by atoms with Gasteiger partial charge in [0.1, 0.15) is 19.3 Å². The maximum absolute atomic E-state index is 13.1. The lowest BCUT2D eigenvalue weighted by atomic mass is 9.99. The van der Waals surface area contributed by atoms with Gasteiger partial charge in [-0.2, -0.15) is 0 Å². The molecule has 0 aromatic heterocycles. The van der Waals surface area contributed by atoms with E-state index in [0.717, 1.165) is 102 Å². The average Bonchev–Trinajstić information content (AvgIpc) is 2.78. The van der Waals surface area contributed by atoms with E-state index in [1.807, 2.05) is 0 Å². The predicted octanol–water partition coefficient (Wildman–Crippen LogP) is 21.4. The number of rotatable bonds is 72. The number of carbonyl (C=O) groups excluding carboxylic acids is 4. The highest BCUT2D eigenvalue weighted by Gasteiger charge is 2.30. The van der Waals surface area contributed by atoms with Crippen molar-refractivity contribution in [3.05, 3.63) is 0 Å². The molecule has 0 saturated carbocycles. The van der Waals surface area contributed by atoms with Gasteiger partial charge in [-0.1, -0.05) is 325 Å². The van der Waals surface area contributed by atoms with Crippen LogP contribution in [0.3, 0.4) is 0 Å². The molecule has 0 aliphatic heterocycles. The maximum atomic E-state index is 13.1. The van der Waals surface area contributed by atoms with Crippen LogP contribution in [-0.2, 0) is 65.4 Å². The Morgan fingerprint density at radius 2 is 0.548 bits per heavy atom. The molecule has 0 saturated heterocycles. The van der Waals surface area contributed by atoms with Crippen molar-refractivity contribution >= 4 is 39.5 Å². The fraction of sp³-hybridized carbons (Fsp3) is 0.946. The number of hydrogen-bond donors (Lipinski definition) is 3. The van der Waals surface area contributed by atoms with E-state index < -0.39 is 97.5 Å². The highest BCUT2D eigenvalue weighted by molar-refractivity contribution is 7.47. The van der Waals surface area contributed by atoms with Gasteiger partial charge in [0.25, 0.3) is 0 Å². The van der Waals surface area contributed by atoms with E-state index in [4.69, 9.17) is 37.0 Å². The number of aliphatic hydroxyl groups excluding tert-OH is 1. The maximum Gasteiger partial charge on any atom is 0.472 e. The second-order valence-electron chi connectivity index (χ2n) is 27.9. The van der Waals surface area contributed by atoms with E-state index in [1.54, 1.807) is 0 Å². The standard InChI is InChI=1S/C74H144O17P2/c1-8-10-11-12-13-26-33-41-48-55-71(76)84-62-70(91-74(79)58-51-44-37-36-39-46-53-66(5)6)64-89-93(82,83)87-60-68(75)59-86-92(80,81)88-63-69(61-85-72(77)56-49-42-34-29-25-24-27-31-38-45-52-65(3)4)90-73(78)57-50-43-35-30-23-21-19-17-15-14-16-18-20-22-28-32-40-47-54-67(7)9-2/h65-70,75H,8-64H2,1-7H3,(H,80,81)(H,82,83)/t67?,68-,69-,70-/m1/s1. The van der Waals surface area contributed by atoms with Crippen LogP contribution in [0.1, 0.15) is 376 Å². The summed E-state index contributed by atoms with van der Waals surface area (Å²) in [5.41, 5.74) is 0. The van der Waals surface area contributed by atoms with Crippen LogP contribution in [0, 0.1) is 17.8 Å². The molecule has 6 atom stereocenters. The average molecular weight is 1370 g/mol. The summed E-state index contributed by atoms with van der Waals surface area (Å²) in [6, 6.07) is 0. The first-order valence-electron chi connectivity index (χ1n) is 38.4. The quantitative estimate of drug-likeness (QED) is 0.0222. The number of phosphoric acid groups is 2. The van der Waals surface area contributed by atoms with Crippen molar-refractivity contribution in [2.24, 2.45) is 17.8 Å². The molecular weight excluding hydrogens is 1220 g/mol. The van der Waals surface area contributed by atoms with E-state index in [2.05, 4.69) is 48.5 Å². The van der Waals surface area contributed by atoms with E-state index >= 15 is 0 Å². The summed E-state index contributed by atoms with van der Waals surface area (Å²) in [4.78, 5) is 72.5. The van der Waals surface area contributed by atoms with Gasteiger partial charge in [-0.3, -0.25) is 37.3 Å². The van der Waals surface area contributed by atoms with Crippen molar-refractivity contribution in [3.8, 4) is 0 Å². The molecule has 0 amide bonds. The zero-order chi connectivity index (χ0) is 68.7. The largest absolute Gasteiger partial charge is 0.472 e. The molecule has 93 heavy (non-hydrogen) atoms. The lowest BCUT2D eigenvalue weighted by Gasteiger charge is -2.21. The van der Waals surface area contributed by atoms with E-state index in [0.29, 0.717) is 31.6 Å². The van der Waals surface area contributed by atoms with Crippen molar-refractivity contribution in [3.63, 3.8) is 0 Å². The minimum atomic E-state index is -4.95. The van der Waals surface area contributed by atoms with E-state index in [9.17, 15) is 43.2 Å². The van der Waals surface area contributed by atoms with Crippen molar-refractivity contribution in [1.29, 1.82) is 0 Å². The third-order valence-electron chi connectivity index (χ3n) is 17.5. The summed E-state index contributed by atoms with van der Waals surface area (Å²) >= 11 is 0. The van der Waals surface area contributed by atoms with Crippen LogP contribution in [0.4, 0.5) is 0 Å². The van der Waals surface area contributed by atoms with Crippen LogP contribution in [-0.4, -0.2) is 96.7 Å². The molecular formula is C74H144O17P2. The first-order chi connectivity index (χ1) is 44.8. The zero-order valence-corrected chi connectivity index (χ0v) is 62.5. The first-order valence-corrected chi connectivity index (χ1v) is 41.4. The molecule has 17 nitrogen and oxygen atoms in total. The zero-order valence-electron chi connectivity index (χ0n) is 60.7. The minimum absolute atomic E-state index is 0.102. The van der Waals surface area contributed by atoms with Crippen molar-refractivity contribution < 1.29 is 80.2 Å². The van der Waals surface area contributed by atoms with Crippen molar-refractivity contribution in [2.45, 2.75) is 394 Å². The SMILES string of the molecule is CCCCCCCCCCCC(=O)OC[C@H](COP(=O)(O)OC[C@H](O)COP(=O)(O)OC[C@@H](COC(=O)CCCCCCCCCCCCC(C)C)OC(=O)CCCCCCCCCCCCCCCCCCCCC(C)CC)OC(=O)CCCCCCCCC(C)C. The number of aliphatic hydroxyl groups is 1. The molecule has 0 radical (unpaired) electrons. The molecule has 0 aromatic carbocycles. The van der Waals surface area contributed by atoms with Crippen LogP contribution < -0.4 is 0 Å². The number of esters is 4. The molecule has 0 bridgehead atoms. The summed E-state index contributed by atoms with van der Waals surface area (Å²) in [6.45, 7) is 11.8. The van der Waals surface area contributed by atoms with Gasteiger partial charge in [0.05, 0.1) is 26.4 Å². The monoisotopic (exact) mass is 1370 g/mol. The lowest BCUT2D eigenvalue weighted by molar-refractivity contribution is -0.161. The third-order valence-corrected chi connectivity index (χ3v) is 19.4. The normalized spacial score (nSPS) is 14.4. The summed E-state index contributed by atoms with van der Waals surface area (Å²) in [7, 11) is -9.90. The van der Waals surface area contributed by atoms with Crippen LogP contribution in [0.25, 0.3) is 0 Å². The molecule has 19 heteroatoms. The molecule has 0 heterocycles. The Kier molecular flexibility index (Phi) is 63.4. The number of phosphoric ester groups is 2. The molecule has 0 spiro atoms. The Balaban J connectivity index is 5.15. The van der Waals surface area contributed by atoms with Crippen LogP contribution in [0.5, 0.6) is 0 Å². The van der Waals surface area contributed by atoms with Gasteiger partial charge in [-0.05, 0) is 43.4 Å². The molecule has 0 aromatic rings.